The summed E-state index contributed by atoms with van der Waals surface area (Å²) in [5.74, 6) is 0.608. The van der Waals surface area contributed by atoms with Gasteiger partial charge in [0.25, 0.3) is 0 Å². The van der Waals surface area contributed by atoms with Crippen LogP contribution in [0.25, 0.3) is 0 Å². The summed E-state index contributed by atoms with van der Waals surface area (Å²) >= 11 is 7.47. The summed E-state index contributed by atoms with van der Waals surface area (Å²) in [6.45, 7) is 2.76. The van der Waals surface area contributed by atoms with E-state index in [-0.39, 0.29) is 6.03 Å². The van der Waals surface area contributed by atoms with Gasteiger partial charge in [0.05, 0.1) is 19.3 Å². The van der Waals surface area contributed by atoms with Crippen molar-refractivity contribution in [2.75, 3.05) is 23.9 Å². The number of anilines is 2. The Bertz CT molecular complexity index is 795. The number of hydrogen-bond donors (Lipinski definition) is 1. The Morgan fingerprint density at radius 2 is 2.00 bits per heavy atom. The molecule has 1 aliphatic heterocycles. The Labute approximate surface area is 156 Å². The van der Waals surface area contributed by atoms with Crippen LogP contribution in [0.1, 0.15) is 6.92 Å². The predicted molar refractivity (Wildman–Crippen MR) is 105 cm³/mol. The highest BCUT2D eigenvalue weighted by Crippen LogP contribution is 2.33. The van der Waals surface area contributed by atoms with Crippen LogP contribution in [0.5, 0.6) is 5.75 Å². The number of halogens is 1. The molecule has 0 radical (unpaired) electrons. The minimum Gasteiger partial charge on any atom is -0.495 e. The molecule has 0 spiro atoms. The average molecular weight is 376 g/mol. The number of benzene rings is 2. The zero-order valence-corrected chi connectivity index (χ0v) is 15.5. The maximum atomic E-state index is 13.0. The minimum absolute atomic E-state index is 0.299. The van der Waals surface area contributed by atoms with E-state index in [0.717, 1.165) is 0 Å². The Hall–Kier alpha value is -2.18. The summed E-state index contributed by atoms with van der Waals surface area (Å²) in [6, 6.07) is 14.1. The lowest BCUT2D eigenvalue weighted by Crippen LogP contribution is -2.38. The fourth-order valence-electron chi connectivity index (χ4n) is 2.41. The molecule has 1 aliphatic rings. The molecule has 0 aromatic heterocycles. The molecule has 1 atom stereocenters. The molecule has 3 rings (SSSR count). The molecule has 2 amide bonds. The van der Waals surface area contributed by atoms with Gasteiger partial charge in [0.15, 0.2) is 5.17 Å². The molecular weight excluding hydrogens is 358 g/mol. The van der Waals surface area contributed by atoms with Crippen molar-refractivity contribution in [3.05, 3.63) is 53.6 Å². The van der Waals surface area contributed by atoms with Crippen molar-refractivity contribution in [3.63, 3.8) is 0 Å². The number of carbonyl (C=O) groups is 1. The summed E-state index contributed by atoms with van der Waals surface area (Å²) in [6.07, 6.45) is 0. The van der Waals surface area contributed by atoms with Gasteiger partial charge in [-0.05, 0) is 36.4 Å². The van der Waals surface area contributed by atoms with E-state index in [1.54, 1.807) is 48.0 Å². The number of amidine groups is 1. The van der Waals surface area contributed by atoms with E-state index < -0.39 is 0 Å². The molecule has 1 unspecified atom stereocenters. The third-order valence-corrected chi connectivity index (χ3v) is 4.93. The van der Waals surface area contributed by atoms with Gasteiger partial charge in [-0.1, -0.05) is 42.4 Å². The molecule has 0 saturated heterocycles. The second-order valence-corrected chi connectivity index (χ2v) is 7.34. The second kappa shape index (κ2) is 7.80. The molecule has 7 heteroatoms. The molecule has 0 fully saturated rings. The third-order valence-electron chi connectivity index (χ3n) is 3.61. The first-order valence-corrected chi connectivity index (χ1v) is 9.05. The molecule has 5 nitrogen and oxygen atoms in total. The van der Waals surface area contributed by atoms with Crippen LogP contribution in [0.3, 0.4) is 0 Å². The van der Waals surface area contributed by atoms with Crippen LogP contribution in [0.4, 0.5) is 16.2 Å². The Balaban J connectivity index is 1.93. The largest absolute Gasteiger partial charge is 0.495 e. The number of methoxy groups -OCH3 is 1. The zero-order valence-electron chi connectivity index (χ0n) is 13.9. The van der Waals surface area contributed by atoms with Crippen molar-refractivity contribution >= 4 is 45.9 Å². The van der Waals surface area contributed by atoms with E-state index >= 15 is 0 Å². The molecular formula is C18H18ClN3O2S. The molecule has 2 aromatic rings. The Kier molecular flexibility index (Phi) is 5.50. The van der Waals surface area contributed by atoms with Gasteiger partial charge in [0.2, 0.25) is 0 Å². The normalized spacial score (nSPS) is 16.3. The van der Waals surface area contributed by atoms with Crippen LogP contribution in [0.15, 0.2) is 53.5 Å². The van der Waals surface area contributed by atoms with E-state index in [1.807, 2.05) is 24.3 Å². The number of carbonyl (C=O) groups excluding carboxylic acids is 1. The molecule has 1 heterocycles. The van der Waals surface area contributed by atoms with Crippen LogP contribution < -0.4 is 15.0 Å². The van der Waals surface area contributed by atoms with Gasteiger partial charge in [-0.3, -0.25) is 4.99 Å². The van der Waals surface area contributed by atoms with E-state index in [1.165, 1.54) is 0 Å². The number of nitrogens with zero attached hydrogens (tertiary/aromatic N) is 2. The number of para-hydroxylation sites is 2. The fraction of sp³-hybridized carbons (Fsp3) is 0.222. The van der Waals surface area contributed by atoms with Crippen LogP contribution in [0, 0.1) is 0 Å². The van der Waals surface area contributed by atoms with Crippen LogP contribution in [-0.4, -0.2) is 30.1 Å². The Morgan fingerprint density at radius 3 is 2.64 bits per heavy atom. The number of aliphatic imine (C=N–C) groups is 1. The molecule has 2 aromatic carbocycles. The molecule has 0 aliphatic carbocycles. The lowest BCUT2D eigenvalue weighted by atomic mass is 10.2. The second-order valence-electron chi connectivity index (χ2n) is 5.50. The van der Waals surface area contributed by atoms with Gasteiger partial charge in [-0.15, -0.1) is 0 Å². The smallest absolute Gasteiger partial charge is 0.332 e. The van der Waals surface area contributed by atoms with Gasteiger partial charge in [-0.25, -0.2) is 9.69 Å². The number of hydrogen-bond acceptors (Lipinski definition) is 4. The summed E-state index contributed by atoms with van der Waals surface area (Å²) in [5, 5.41) is 4.49. The van der Waals surface area contributed by atoms with Gasteiger partial charge >= 0.3 is 6.03 Å². The maximum absolute atomic E-state index is 13.0. The number of amides is 2. The lowest BCUT2D eigenvalue weighted by molar-refractivity contribution is 0.259. The molecule has 25 heavy (non-hydrogen) atoms. The van der Waals surface area contributed by atoms with Crippen LogP contribution in [-0.2, 0) is 0 Å². The SMILES string of the molecule is COc1ccccc1N(C(=O)Nc1ccc(Cl)cc1)C1=NCC(C)S1. The number of ether oxygens (including phenoxy) is 1. The molecule has 0 bridgehead atoms. The van der Waals surface area contributed by atoms with E-state index in [9.17, 15) is 4.79 Å². The summed E-state index contributed by atoms with van der Waals surface area (Å²) in [4.78, 5) is 19.1. The highest BCUT2D eigenvalue weighted by atomic mass is 35.5. The van der Waals surface area contributed by atoms with E-state index in [4.69, 9.17) is 16.3 Å². The number of nitrogens with one attached hydrogen (secondary N) is 1. The van der Waals surface area contributed by atoms with Crippen LogP contribution >= 0.6 is 23.4 Å². The van der Waals surface area contributed by atoms with Crippen molar-refractivity contribution in [2.45, 2.75) is 12.2 Å². The van der Waals surface area contributed by atoms with Gasteiger partial charge in [0.1, 0.15) is 5.75 Å². The number of urea groups is 1. The average Bonchev–Trinajstić information content (AvgIpc) is 3.03. The van der Waals surface area contributed by atoms with Crippen molar-refractivity contribution in [1.29, 1.82) is 0 Å². The van der Waals surface area contributed by atoms with Gasteiger partial charge < -0.3 is 10.1 Å². The first kappa shape index (κ1) is 17.6. The lowest BCUT2D eigenvalue weighted by Gasteiger charge is -2.24. The first-order chi connectivity index (χ1) is 12.1. The van der Waals surface area contributed by atoms with Crippen molar-refractivity contribution in [3.8, 4) is 5.75 Å². The monoisotopic (exact) mass is 375 g/mol. The minimum atomic E-state index is -0.299. The van der Waals surface area contributed by atoms with Crippen molar-refractivity contribution in [1.82, 2.24) is 0 Å². The zero-order chi connectivity index (χ0) is 17.8. The van der Waals surface area contributed by atoms with Crippen molar-refractivity contribution in [2.24, 2.45) is 4.99 Å². The number of thioether (sulfide) groups is 1. The number of rotatable bonds is 3. The van der Waals surface area contributed by atoms with Gasteiger partial charge in [0, 0.05) is 16.0 Å². The molecule has 0 saturated carbocycles. The maximum Gasteiger partial charge on any atom is 0.332 e. The standard InChI is InChI=1S/C18H18ClN3O2S/c1-12-11-20-18(25-12)22(15-5-3-4-6-16(15)24-2)17(23)21-14-9-7-13(19)8-10-14/h3-10,12H,11H2,1-2H3,(H,21,23). The topological polar surface area (TPSA) is 53.9 Å². The molecule has 1 N–H and O–H groups in total. The molecule has 130 valence electrons. The summed E-state index contributed by atoms with van der Waals surface area (Å²) in [5.41, 5.74) is 1.31. The highest BCUT2D eigenvalue weighted by molar-refractivity contribution is 8.15. The van der Waals surface area contributed by atoms with E-state index in [0.29, 0.717) is 39.1 Å². The van der Waals surface area contributed by atoms with Gasteiger partial charge in [-0.2, -0.15) is 0 Å². The Morgan fingerprint density at radius 1 is 1.28 bits per heavy atom. The highest BCUT2D eigenvalue weighted by Gasteiger charge is 2.29. The van der Waals surface area contributed by atoms with E-state index in [2.05, 4.69) is 17.2 Å². The summed E-state index contributed by atoms with van der Waals surface area (Å²) < 4.78 is 5.43. The fourth-order valence-corrected chi connectivity index (χ4v) is 3.48. The quantitative estimate of drug-likeness (QED) is 0.831. The summed E-state index contributed by atoms with van der Waals surface area (Å²) in [7, 11) is 1.58. The predicted octanol–water partition coefficient (Wildman–Crippen LogP) is 4.88. The van der Waals surface area contributed by atoms with Crippen LogP contribution in [0.2, 0.25) is 5.02 Å². The van der Waals surface area contributed by atoms with Crippen molar-refractivity contribution < 1.29 is 9.53 Å². The first-order valence-electron chi connectivity index (χ1n) is 7.79. The third kappa shape index (κ3) is 4.08.